The van der Waals surface area contributed by atoms with Gasteiger partial charge in [0.15, 0.2) is 5.82 Å². The van der Waals surface area contributed by atoms with Crippen LogP contribution in [-0.4, -0.2) is 15.2 Å². The highest BCUT2D eigenvalue weighted by Gasteiger charge is 2.27. The van der Waals surface area contributed by atoms with Crippen molar-refractivity contribution >= 4 is 10.8 Å². The van der Waals surface area contributed by atoms with E-state index >= 15 is 0 Å². The van der Waals surface area contributed by atoms with Crippen LogP contribution < -0.4 is 0 Å². The molecule has 94 valence electrons. The van der Waals surface area contributed by atoms with Gasteiger partial charge in [-0.25, -0.2) is 4.98 Å². The number of hydrogen-bond acceptors (Lipinski definition) is 2. The molecule has 3 aromatic rings. The maximum Gasteiger partial charge on any atom is 0.153 e. The molecule has 0 radical (unpaired) electrons. The van der Waals surface area contributed by atoms with Crippen LogP contribution in [0.5, 0.6) is 0 Å². The number of benzene rings is 2. The molecule has 4 rings (SSSR count). The molecule has 0 atom stereocenters. The average Bonchev–Trinajstić information content (AvgIpc) is 3.20. The van der Waals surface area contributed by atoms with Crippen molar-refractivity contribution in [1.82, 2.24) is 15.2 Å². The van der Waals surface area contributed by atoms with Crippen molar-refractivity contribution < 1.29 is 0 Å². The van der Waals surface area contributed by atoms with E-state index in [1.54, 1.807) is 0 Å². The summed E-state index contributed by atoms with van der Waals surface area (Å²) in [6.45, 7) is 0. The van der Waals surface area contributed by atoms with E-state index in [1.165, 1.54) is 29.2 Å². The third kappa shape index (κ3) is 2.12. The molecule has 3 heteroatoms. The number of nitrogens with one attached hydrogen (secondary N) is 1. The maximum atomic E-state index is 4.58. The van der Waals surface area contributed by atoms with Crippen LogP contribution in [0.4, 0.5) is 0 Å². The lowest BCUT2D eigenvalue weighted by Gasteiger charge is -2.01. The molecular formula is C16H15N3. The van der Waals surface area contributed by atoms with Crippen molar-refractivity contribution in [2.75, 3.05) is 0 Å². The minimum atomic E-state index is 0.613. The third-order valence-corrected chi connectivity index (χ3v) is 3.68. The number of H-pyrrole nitrogens is 1. The molecule has 1 aliphatic rings. The number of fused-ring (bicyclic) bond motifs is 1. The summed E-state index contributed by atoms with van der Waals surface area (Å²) in [5.74, 6) is 2.58. The van der Waals surface area contributed by atoms with Crippen molar-refractivity contribution in [2.45, 2.75) is 25.2 Å². The molecule has 19 heavy (non-hydrogen) atoms. The molecule has 0 saturated heterocycles. The van der Waals surface area contributed by atoms with Crippen molar-refractivity contribution in [3.05, 3.63) is 59.7 Å². The zero-order chi connectivity index (χ0) is 12.7. The van der Waals surface area contributed by atoms with E-state index in [-0.39, 0.29) is 0 Å². The van der Waals surface area contributed by atoms with Crippen LogP contribution in [0.3, 0.4) is 0 Å². The fourth-order valence-electron chi connectivity index (χ4n) is 2.46. The van der Waals surface area contributed by atoms with E-state index < -0.39 is 0 Å². The second-order valence-electron chi connectivity index (χ2n) is 5.27. The number of nitrogens with zero attached hydrogens (tertiary/aromatic N) is 2. The van der Waals surface area contributed by atoms with Crippen LogP contribution in [0.15, 0.2) is 42.5 Å². The van der Waals surface area contributed by atoms with Gasteiger partial charge >= 0.3 is 0 Å². The highest BCUT2D eigenvalue weighted by Crippen LogP contribution is 2.37. The lowest BCUT2D eigenvalue weighted by atomic mass is 10.1. The molecule has 2 aromatic carbocycles. The summed E-state index contributed by atoms with van der Waals surface area (Å²) in [5, 5.41) is 9.92. The summed E-state index contributed by atoms with van der Waals surface area (Å²) < 4.78 is 0. The first kappa shape index (κ1) is 10.7. The highest BCUT2D eigenvalue weighted by molar-refractivity contribution is 5.83. The zero-order valence-corrected chi connectivity index (χ0v) is 10.6. The molecule has 1 aliphatic carbocycles. The van der Waals surface area contributed by atoms with Crippen LogP contribution in [0, 0.1) is 0 Å². The molecule has 1 heterocycles. The standard InChI is InChI=1S/C16H15N3/c1-2-4-14-9-11(5-6-12(14)3-1)10-15-17-16(19-18-15)13-7-8-13/h1-6,9,13H,7-8,10H2,(H,17,18,19). The second kappa shape index (κ2) is 4.19. The summed E-state index contributed by atoms with van der Waals surface area (Å²) >= 11 is 0. The zero-order valence-electron chi connectivity index (χ0n) is 10.6. The Labute approximate surface area is 111 Å². The Balaban J connectivity index is 1.62. The molecule has 1 fully saturated rings. The Kier molecular flexibility index (Phi) is 2.37. The van der Waals surface area contributed by atoms with Crippen molar-refractivity contribution in [1.29, 1.82) is 0 Å². The Morgan fingerprint density at radius 1 is 1.05 bits per heavy atom. The van der Waals surface area contributed by atoms with E-state index in [0.717, 1.165) is 18.1 Å². The first-order valence-corrected chi connectivity index (χ1v) is 6.77. The lowest BCUT2D eigenvalue weighted by molar-refractivity contribution is 0.932. The highest BCUT2D eigenvalue weighted by atomic mass is 15.2. The van der Waals surface area contributed by atoms with E-state index in [9.17, 15) is 0 Å². The minimum absolute atomic E-state index is 0.613. The van der Waals surface area contributed by atoms with Crippen LogP contribution in [0.1, 0.15) is 36.0 Å². The molecule has 0 unspecified atom stereocenters. The number of rotatable bonds is 3. The quantitative estimate of drug-likeness (QED) is 0.772. The molecule has 0 spiro atoms. The van der Waals surface area contributed by atoms with Gasteiger partial charge in [0.05, 0.1) is 0 Å². The van der Waals surface area contributed by atoms with Crippen LogP contribution in [0.2, 0.25) is 0 Å². The summed E-state index contributed by atoms with van der Waals surface area (Å²) in [6, 6.07) is 15.0. The maximum absolute atomic E-state index is 4.58. The second-order valence-corrected chi connectivity index (χ2v) is 5.27. The number of hydrogen-bond donors (Lipinski definition) is 1. The van der Waals surface area contributed by atoms with Gasteiger partial charge in [-0.05, 0) is 29.2 Å². The summed E-state index contributed by atoms with van der Waals surface area (Å²) in [6.07, 6.45) is 3.31. The Morgan fingerprint density at radius 2 is 1.89 bits per heavy atom. The summed E-state index contributed by atoms with van der Waals surface area (Å²) in [5.41, 5.74) is 1.28. The average molecular weight is 249 g/mol. The van der Waals surface area contributed by atoms with E-state index in [1.807, 2.05) is 0 Å². The lowest BCUT2D eigenvalue weighted by Crippen LogP contribution is -1.91. The molecule has 0 aliphatic heterocycles. The summed E-state index contributed by atoms with van der Waals surface area (Å²) in [4.78, 5) is 4.58. The predicted molar refractivity (Wildman–Crippen MR) is 75.1 cm³/mol. The molecule has 3 nitrogen and oxygen atoms in total. The van der Waals surface area contributed by atoms with E-state index in [4.69, 9.17) is 0 Å². The minimum Gasteiger partial charge on any atom is -0.263 e. The fourth-order valence-corrected chi connectivity index (χ4v) is 2.46. The van der Waals surface area contributed by atoms with Crippen LogP contribution >= 0.6 is 0 Å². The largest absolute Gasteiger partial charge is 0.263 e. The Hall–Kier alpha value is -2.16. The fraction of sp³-hybridized carbons (Fsp3) is 0.250. The van der Waals surface area contributed by atoms with Gasteiger partial charge in [0.2, 0.25) is 0 Å². The molecule has 0 bridgehead atoms. The van der Waals surface area contributed by atoms with Crippen LogP contribution in [0.25, 0.3) is 10.8 Å². The Morgan fingerprint density at radius 3 is 2.74 bits per heavy atom. The van der Waals surface area contributed by atoms with Gasteiger partial charge in [-0.2, -0.15) is 5.10 Å². The van der Waals surface area contributed by atoms with Gasteiger partial charge in [-0.3, -0.25) is 5.10 Å². The van der Waals surface area contributed by atoms with Gasteiger partial charge in [-0.15, -0.1) is 0 Å². The van der Waals surface area contributed by atoms with E-state index in [2.05, 4.69) is 57.6 Å². The van der Waals surface area contributed by atoms with Gasteiger partial charge < -0.3 is 0 Å². The van der Waals surface area contributed by atoms with Gasteiger partial charge in [-0.1, -0.05) is 42.5 Å². The molecular weight excluding hydrogens is 234 g/mol. The first-order chi connectivity index (χ1) is 9.38. The molecule has 1 aromatic heterocycles. The van der Waals surface area contributed by atoms with Crippen molar-refractivity contribution in [3.8, 4) is 0 Å². The number of aromatic amines is 1. The molecule has 0 amide bonds. The predicted octanol–water partition coefficient (Wildman–Crippen LogP) is 3.43. The smallest absolute Gasteiger partial charge is 0.153 e. The van der Waals surface area contributed by atoms with Gasteiger partial charge in [0.1, 0.15) is 5.82 Å². The number of aromatic nitrogens is 3. The summed E-state index contributed by atoms with van der Waals surface area (Å²) in [7, 11) is 0. The van der Waals surface area contributed by atoms with Crippen molar-refractivity contribution in [2.24, 2.45) is 0 Å². The Bertz CT molecular complexity index is 725. The molecule has 1 saturated carbocycles. The molecule has 1 N–H and O–H groups in total. The van der Waals surface area contributed by atoms with Gasteiger partial charge in [0.25, 0.3) is 0 Å². The third-order valence-electron chi connectivity index (χ3n) is 3.68. The van der Waals surface area contributed by atoms with E-state index in [0.29, 0.717) is 5.92 Å². The van der Waals surface area contributed by atoms with Gasteiger partial charge in [0, 0.05) is 12.3 Å². The first-order valence-electron chi connectivity index (χ1n) is 6.77. The normalized spacial score (nSPS) is 14.9. The van der Waals surface area contributed by atoms with Crippen LogP contribution in [-0.2, 0) is 6.42 Å². The monoisotopic (exact) mass is 249 g/mol. The SMILES string of the molecule is c1ccc2cc(Cc3nc(C4CC4)n[nH]3)ccc2c1. The van der Waals surface area contributed by atoms with Crippen molar-refractivity contribution in [3.63, 3.8) is 0 Å². The topological polar surface area (TPSA) is 41.6 Å².